The van der Waals surface area contributed by atoms with Crippen LogP contribution in [0.4, 0.5) is 26.3 Å². The van der Waals surface area contributed by atoms with Crippen LogP contribution in [-0.2, 0) is 29.3 Å². The number of ketones is 1. The quantitative estimate of drug-likeness (QED) is 0.617. The highest BCUT2D eigenvalue weighted by Crippen LogP contribution is 2.39. The van der Waals surface area contributed by atoms with Gasteiger partial charge in [0.25, 0.3) is 19.7 Å². The van der Waals surface area contributed by atoms with Crippen LogP contribution in [0.5, 0.6) is 0 Å². The Balaban J connectivity index is 6.47. The Hall–Kier alpha value is -1.38. The van der Waals surface area contributed by atoms with E-state index < -0.39 is 65.3 Å². The van der Waals surface area contributed by atoms with Crippen molar-refractivity contribution in [2.45, 2.75) is 35.9 Å². The molecule has 15 heteroatoms. The molecule has 0 aromatic rings. The molecule has 0 aliphatic rings. The Kier molecular flexibility index (Phi) is 6.70. The molecular weight excluding hydrogens is 410 g/mol. The van der Waals surface area contributed by atoms with Crippen molar-refractivity contribution >= 4 is 31.4 Å². The van der Waals surface area contributed by atoms with Gasteiger partial charge in [-0.3, -0.25) is 9.59 Å². The minimum Gasteiger partial charge on any atom is -0.481 e. The third kappa shape index (κ3) is 4.83. The lowest BCUT2D eigenvalue weighted by atomic mass is 9.89. The van der Waals surface area contributed by atoms with E-state index in [1.807, 2.05) is 0 Å². The van der Waals surface area contributed by atoms with Crippen LogP contribution < -0.4 is 0 Å². The molecule has 0 aromatic carbocycles. The highest BCUT2D eigenvalue weighted by molar-refractivity contribution is 8.09. The van der Waals surface area contributed by atoms with Crippen molar-refractivity contribution in [3.05, 3.63) is 0 Å². The fourth-order valence-electron chi connectivity index (χ4n) is 1.73. The molecule has 2 unspecified atom stereocenters. The molecule has 0 rings (SSSR count). The number of rotatable bonds is 7. The number of alkyl halides is 6. The summed E-state index contributed by atoms with van der Waals surface area (Å²) >= 11 is 0. The maximum absolute atomic E-state index is 12.6. The third-order valence-electron chi connectivity index (χ3n) is 3.35. The number of carboxylic acids is 1. The SMILES string of the molecule is CC(=O)C(C)C(CC(S(=O)(=O)C(F)(F)F)S(=O)(=O)C(F)(F)F)C(=O)O. The summed E-state index contributed by atoms with van der Waals surface area (Å²) in [6, 6.07) is 0. The van der Waals surface area contributed by atoms with Crippen molar-refractivity contribution in [3.63, 3.8) is 0 Å². The van der Waals surface area contributed by atoms with E-state index in [0.717, 1.165) is 13.8 Å². The summed E-state index contributed by atoms with van der Waals surface area (Å²) in [7, 11) is -13.9. The zero-order valence-corrected chi connectivity index (χ0v) is 14.1. The topological polar surface area (TPSA) is 123 Å². The van der Waals surface area contributed by atoms with Gasteiger partial charge in [-0.1, -0.05) is 6.92 Å². The first-order chi connectivity index (χ1) is 10.8. The lowest BCUT2D eigenvalue weighted by Gasteiger charge is -2.25. The summed E-state index contributed by atoms with van der Waals surface area (Å²) in [4.78, 5) is 22.2. The number of Topliss-reactive ketones (excluding diaryl/α,β-unsaturated/α-hetero) is 1. The van der Waals surface area contributed by atoms with Gasteiger partial charge >= 0.3 is 17.0 Å². The maximum atomic E-state index is 12.6. The summed E-state index contributed by atoms with van der Waals surface area (Å²) in [5.41, 5.74) is -12.8. The molecule has 0 radical (unpaired) electrons. The molecule has 0 heterocycles. The molecule has 2 atom stereocenters. The predicted octanol–water partition coefficient (Wildman–Crippen LogP) is 1.50. The van der Waals surface area contributed by atoms with E-state index in [1.54, 1.807) is 0 Å². The van der Waals surface area contributed by atoms with Gasteiger partial charge in [0.15, 0.2) is 4.58 Å². The number of halogens is 6. The van der Waals surface area contributed by atoms with Crippen molar-refractivity contribution in [1.29, 1.82) is 0 Å². The zero-order chi connectivity index (χ0) is 20.6. The molecule has 1 N–H and O–H groups in total. The second kappa shape index (κ2) is 7.09. The molecule has 0 aromatic heterocycles. The highest BCUT2D eigenvalue weighted by atomic mass is 32.3. The van der Waals surface area contributed by atoms with E-state index in [1.165, 1.54) is 0 Å². The largest absolute Gasteiger partial charge is 0.498 e. The lowest BCUT2D eigenvalue weighted by molar-refractivity contribution is -0.146. The molecule has 0 fully saturated rings. The summed E-state index contributed by atoms with van der Waals surface area (Å²) in [5.74, 6) is -7.26. The first-order valence-electron chi connectivity index (χ1n) is 6.12. The third-order valence-corrected chi connectivity index (χ3v) is 7.93. The minimum absolute atomic E-state index is 0.756. The fraction of sp³-hybridized carbons (Fsp3) is 0.800. The minimum atomic E-state index is -6.95. The number of hydrogen-bond donors (Lipinski definition) is 1. The van der Waals surface area contributed by atoms with Gasteiger partial charge in [-0.05, 0) is 13.3 Å². The van der Waals surface area contributed by atoms with Gasteiger partial charge in [0.2, 0.25) is 0 Å². The number of carbonyl (C=O) groups excluding carboxylic acids is 1. The molecule has 0 saturated carbocycles. The Bertz CT molecular complexity index is 691. The molecule has 148 valence electrons. The van der Waals surface area contributed by atoms with Crippen LogP contribution in [0.2, 0.25) is 0 Å². The molecule has 0 saturated heterocycles. The maximum Gasteiger partial charge on any atom is 0.498 e. The first-order valence-corrected chi connectivity index (χ1v) is 9.21. The van der Waals surface area contributed by atoms with Crippen molar-refractivity contribution in [1.82, 2.24) is 0 Å². The van der Waals surface area contributed by atoms with Crippen LogP contribution in [0.25, 0.3) is 0 Å². The van der Waals surface area contributed by atoms with E-state index in [-0.39, 0.29) is 0 Å². The molecule has 0 amide bonds. The van der Waals surface area contributed by atoms with E-state index in [2.05, 4.69) is 0 Å². The predicted molar refractivity (Wildman–Crippen MR) is 69.3 cm³/mol. The molecule has 0 aliphatic carbocycles. The van der Waals surface area contributed by atoms with Crippen LogP contribution in [0, 0.1) is 11.8 Å². The molecular formula is C10H12F6O7S2. The number of aliphatic carboxylic acids is 1. The van der Waals surface area contributed by atoms with Crippen molar-refractivity contribution in [3.8, 4) is 0 Å². The van der Waals surface area contributed by atoms with Crippen molar-refractivity contribution < 1.29 is 57.9 Å². The van der Waals surface area contributed by atoms with Crippen molar-refractivity contribution in [2.24, 2.45) is 11.8 Å². The summed E-state index contributed by atoms with van der Waals surface area (Å²) in [6.07, 6.45) is -2.10. The Morgan fingerprint density at radius 3 is 1.44 bits per heavy atom. The van der Waals surface area contributed by atoms with E-state index >= 15 is 0 Å². The van der Waals surface area contributed by atoms with Crippen LogP contribution in [0.1, 0.15) is 20.3 Å². The van der Waals surface area contributed by atoms with Gasteiger partial charge in [-0.15, -0.1) is 0 Å². The molecule has 0 bridgehead atoms. The van der Waals surface area contributed by atoms with Gasteiger partial charge in [0.05, 0.1) is 5.92 Å². The van der Waals surface area contributed by atoms with E-state index in [0.29, 0.717) is 0 Å². The van der Waals surface area contributed by atoms with Crippen LogP contribution in [0.15, 0.2) is 0 Å². The number of hydrogen-bond acceptors (Lipinski definition) is 6. The fourth-order valence-corrected chi connectivity index (χ4v) is 5.23. The second-order valence-electron chi connectivity index (χ2n) is 4.99. The van der Waals surface area contributed by atoms with E-state index in [4.69, 9.17) is 5.11 Å². The standard InChI is InChI=1S/C10H12F6O7S2/c1-4(5(2)17)6(8(18)19)3-7(24(20,21)9(11,12)13)25(22,23)10(14,15)16/h4,6-7H,3H2,1-2H3,(H,18,19). The van der Waals surface area contributed by atoms with Gasteiger partial charge < -0.3 is 5.11 Å². The summed E-state index contributed by atoms with van der Waals surface area (Å²) in [6.45, 7) is 1.56. The van der Waals surface area contributed by atoms with E-state index in [9.17, 15) is 52.8 Å². The molecule has 7 nitrogen and oxygen atoms in total. The van der Waals surface area contributed by atoms with Crippen LogP contribution in [0.3, 0.4) is 0 Å². The van der Waals surface area contributed by atoms with Gasteiger partial charge in [0.1, 0.15) is 5.78 Å². The average molecular weight is 422 g/mol. The summed E-state index contributed by atoms with van der Waals surface area (Å²) < 4.78 is 117. The molecule has 0 aliphatic heterocycles. The lowest BCUT2D eigenvalue weighted by Crippen LogP contribution is -2.47. The number of carbonyl (C=O) groups is 2. The Labute approximate surface area is 137 Å². The normalized spacial score (nSPS) is 16.5. The first kappa shape index (κ1) is 23.6. The van der Waals surface area contributed by atoms with Gasteiger partial charge in [-0.25, -0.2) is 16.8 Å². The average Bonchev–Trinajstić information content (AvgIpc) is 2.34. The Morgan fingerprint density at radius 2 is 1.24 bits per heavy atom. The smallest absolute Gasteiger partial charge is 0.481 e. The van der Waals surface area contributed by atoms with Gasteiger partial charge in [0, 0.05) is 5.92 Å². The van der Waals surface area contributed by atoms with Crippen LogP contribution >= 0.6 is 0 Å². The highest BCUT2D eigenvalue weighted by Gasteiger charge is 2.63. The number of carboxylic acid groups (broad SMARTS) is 1. The second-order valence-corrected chi connectivity index (χ2v) is 9.53. The molecule has 0 spiro atoms. The summed E-state index contributed by atoms with van der Waals surface area (Å²) in [5, 5.41) is 8.87. The van der Waals surface area contributed by atoms with Crippen LogP contribution in [-0.4, -0.2) is 49.3 Å². The zero-order valence-electron chi connectivity index (χ0n) is 12.4. The molecule has 25 heavy (non-hydrogen) atoms. The van der Waals surface area contributed by atoms with Crippen molar-refractivity contribution in [2.75, 3.05) is 0 Å². The Morgan fingerprint density at radius 1 is 0.920 bits per heavy atom. The monoisotopic (exact) mass is 422 g/mol. The number of sulfone groups is 2. The van der Waals surface area contributed by atoms with Gasteiger partial charge in [-0.2, -0.15) is 26.3 Å².